The van der Waals surface area contributed by atoms with E-state index in [0.29, 0.717) is 23.0 Å². The molecule has 0 unspecified atom stereocenters. The number of nitrogens with zero attached hydrogens (tertiary/aromatic N) is 1. The molecule has 0 saturated carbocycles. The fourth-order valence-corrected chi connectivity index (χ4v) is 6.56. The number of rotatable bonds is 4. The molecule has 0 atom stereocenters. The minimum atomic E-state index is -0.286. The average Bonchev–Trinajstić information content (AvgIpc) is 3.17. The Labute approximate surface area is 243 Å². The van der Waals surface area contributed by atoms with Gasteiger partial charge in [0.05, 0.1) is 22.6 Å². The molecule has 0 saturated heterocycles. The summed E-state index contributed by atoms with van der Waals surface area (Å²) >= 11 is 0. The van der Waals surface area contributed by atoms with E-state index < -0.39 is 0 Å². The van der Waals surface area contributed by atoms with Gasteiger partial charge in [0.25, 0.3) is 0 Å². The van der Waals surface area contributed by atoms with Gasteiger partial charge in [-0.2, -0.15) is 0 Å². The summed E-state index contributed by atoms with van der Waals surface area (Å²) in [7, 11) is 0. The molecule has 2 aliphatic rings. The molecule has 1 aliphatic carbocycles. The lowest BCUT2D eigenvalue weighted by Crippen LogP contribution is -2.31. The van der Waals surface area contributed by atoms with Crippen molar-refractivity contribution in [2.24, 2.45) is 0 Å². The zero-order chi connectivity index (χ0) is 29.2. The van der Waals surface area contributed by atoms with Crippen molar-refractivity contribution in [2.75, 3.05) is 4.90 Å². The Morgan fingerprint density at radius 2 is 1.32 bits per heavy atom. The van der Waals surface area contributed by atoms with Crippen LogP contribution in [0.4, 0.5) is 17.1 Å². The van der Waals surface area contributed by atoms with Crippen molar-refractivity contribution in [1.29, 1.82) is 0 Å². The van der Waals surface area contributed by atoms with Crippen molar-refractivity contribution in [2.45, 2.75) is 65.7 Å². The summed E-state index contributed by atoms with van der Waals surface area (Å²) in [6, 6.07) is 27.2. The van der Waals surface area contributed by atoms with Gasteiger partial charge in [0.2, 0.25) is 0 Å². The lowest BCUT2D eigenvalue weighted by molar-refractivity contribution is 0.0990. The second kappa shape index (κ2) is 9.69. The highest BCUT2D eigenvalue weighted by Crippen LogP contribution is 2.54. The van der Waals surface area contributed by atoms with E-state index in [1.54, 1.807) is 12.1 Å². The molecule has 0 N–H and O–H groups in total. The Bertz CT molecular complexity index is 1740. The van der Waals surface area contributed by atoms with Crippen LogP contribution in [0.3, 0.4) is 0 Å². The summed E-state index contributed by atoms with van der Waals surface area (Å²) < 4.78 is 0. The van der Waals surface area contributed by atoms with Gasteiger partial charge in [0, 0.05) is 16.5 Å². The topological polar surface area (TPSA) is 37.4 Å². The van der Waals surface area contributed by atoms with Gasteiger partial charge in [0.15, 0.2) is 11.6 Å². The lowest BCUT2D eigenvalue weighted by Gasteiger charge is -2.44. The molecule has 41 heavy (non-hydrogen) atoms. The van der Waals surface area contributed by atoms with E-state index >= 15 is 0 Å². The molecule has 0 aromatic heterocycles. The van der Waals surface area contributed by atoms with Gasteiger partial charge in [0.1, 0.15) is 0 Å². The van der Waals surface area contributed by atoms with Crippen LogP contribution in [0.5, 0.6) is 0 Å². The van der Waals surface area contributed by atoms with Gasteiger partial charge < -0.3 is 4.90 Å². The highest BCUT2D eigenvalue weighted by atomic mass is 16.2. The quantitative estimate of drug-likeness (QED) is 0.191. The number of ketones is 2. The third kappa shape index (κ3) is 4.18. The molecule has 206 valence electrons. The first kappa shape index (κ1) is 27.0. The van der Waals surface area contributed by atoms with E-state index in [4.69, 9.17) is 0 Å². The maximum absolute atomic E-state index is 13.3. The Balaban J connectivity index is 1.57. The third-order valence-corrected chi connectivity index (χ3v) is 8.78. The number of carbonyl (C=O) groups is 2. The zero-order valence-electron chi connectivity index (χ0n) is 25.0. The predicted molar refractivity (Wildman–Crippen MR) is 169 cm³/mol. The van der Waals surface area contributed by atoms with Crippen LogP contribution in [-0.4, -0.2) is 11.6 Å². The fourth-order valence-electron chi connectivity index (χ4n) is 6.56. The number of benzene rings is 4. The Morgan fingerprint density at radius 1 is 0.683 bits per heavy atom. The van der Waals surface area contributed by atoms with Crippen molar-refractivity contribution in [3.8, 4) is 0 Å². The van der Waals surface area contributed by atoms with Crippen molar-refractivity contribution < 1.29 is 9.59 Å². The highest BCUT2D eigenvalue weighted by Gasteiger charge is 2.39. The second-order valence-electron chi connectivity index (χ2n) is 12.6. The summed E-state index contributed by atoms with van der Waals surface area (Å²) in [4.78, 5) is 29.0. The van der Waals surface area contributed by atoms with E-state index in [-0.39, 0.29) is 22.6 Å². The number of aryl methyl sites for hydroxylation is 1. The maximum Gasteiger partial charge on any atom is 0.197 e. The molecule has 4 aromatic rings. The number of para-hydroxylation sites is 2. The van der Waals surface area contributed by atoms with Crippen LogP contribution in [-0.2, 0) is 5.41 Å². The number of allylic oxidation sites excluding steroid dienone is 1. The van der Waals surface area contributed by atoms with Gasteiger partial charge in [-0.1, -0.05) is 102 Å². The van der Waals surface area contributed by atoms with Crippen LogP contribution in [0.1, 0.15) is 107 Å². The van der Waals surface area contributed by atoms with Crippen molar-refractivity contribution in [1.82, 2.24) is 0 Å². The van der Waals surface area contributed by atoms with Crippen LogP contribution in [0, 0.1) is 6.92 Å². The van der Waals surface area contributed by atoms with Gasteiger partial charge in [-0.25, -0.2) is 0 Å². The van der Waals surface area contributed by atoms with E-state index in [1.165, 1.54) is 33.6 Å². The van der Waals surface area contributed by atoms with Gasteiger partial charge in [-0.05, 0) is 76.9 Å². The first-order valence-electron chi connectivity index (χ1n) is 14.6. The standard InChI is InChI=1S/C38H37NO2/c1-22(2)26-11-10-12-27(23(3)4)35(26)39-33-14-9-8-13-31(33)38(6,7)32-21-25(16-18-34(32)39)20-30-36(40)28-17-15-24(5)19-29(28)37(30)41/h8-23H,1-7H3/b30-20-. The van der Waals surface area contributed by atoms with Crippen molar-refractivity contribution >= 4 is 34.7 Å². The normalized spacial score (nSPS) is 16.4. The van der Waals surface area contributed by atoms with Crippen LogP contribution in [0.2, 0.25) is 0 Å². The number of carbonyl (C=O) groups excluding carboxylic acids is 2. The molecule has 1 aliphatic heterocycles. The summed E-state index contributed by atoms with van der Waals surface area (Å²) in [5, 5.41) is 0. The number of anilines is 3. The molecule has 3 heteroatoms. The Hall–Kier alpha value is -4.24. The number of hydrogen-bond acceptors (Lipinski definition) is 3. The molecular formula is C38H37NO2. The number of fused-ring (bicyclic) bond motifs is 3. The lowest BCUT2D eigenvalue weighted by atomic mass is 9.72. The SMILES string of the molecule is Cc1ccc2c(c1)C(=O)/C(=C\c1ccc3c(c1)C(C)(C)c1ccccc1N3c1c(C(C)C)cccc1C(C)C)C2=O. The van der Waals surface area contributed by atoms with Crippen LogP contribution < -0.4 is 4.90 Å². The average molecular weight is 540 g/mol. The Kier molecular flexibility index (Phi) is 6.37. The third-order valence-electron chi connectivity index (χ3n) is 8.78. The molecule has 0 radical (unpaired) electrons. The van der Waals surface area contributed by atoms with Crippen LogP contribution in [0.15, 0.2) is 84.4 Å². The van der Waals surface area contributed by atoms with E-state index in [1.807, 2.05) is 25.1 Å². The molecule has 1 heterocycles. The Morgan fingerprint density at radius 3 is 2.00 bits per heavy atom. The highest BCUT2D eigenvalue weighted by molar-refractivity contribution is 6.41. The number of hydrogen-bond donors (Lipinski definition) is 0. The molecular weight excluding hydrogens is 502 g/mol. The number of Topliss-reactive ketones (excluding diaryl/α,β-unsaturated/α-hetero) is 2. The first-order valence-corrected chi connectivity index (χ1v) is 14.6. The first-order chi connectivity index (χ1) is 19.5. The van der Waals surface area contributed by atoms with Crippen molar-refractivity contribution in [3.05, 3.63) is 129 Å². The molecule has 0 bridgehead atoms. The molecule has 0 amide bonds. The molecule has 6 rings (SSSR count). The largest absolute Gasteiger partial charge is 0.309 e. The minimum absolute atomic E-state index is 0.190. The maximum atomic E-state index is 13.3. The summed E-state index contributed by atoms with van der Waals surface area (Å²) in [6.07, 6.45) is 1.78. The van der Waals surface area contributed by atoms with Gasteiger partial charge >= 0.3 is 0 Å². The van der Waals surface area contributed by atoms with E-state index in [9.17, 15) is 9.59 Å². The van der Waals surface area contributed by atoms with Crippen LogP contribution >= 0.6 is 0 Å². The zero-order valence-corrected chi connectivity index (χ0v) is 25.0. The van der Waals surface area contributed by atoms with Gasteiger partial charge in [-0.15, -0.1) is 0 Å². The molecule has 3 nitrogen and oxygen atoms in total. The molecule has 4 aromatic carbocycles. The summed E-state index contributed by atoms with van der Waals surface area (Å²) in [6.45, 7) is 15.5. The minimum Gasteiger partial charge on any atom is -0.309 e. The summed E-state index contributed by atoms with van der Waals surface area (Å²) in [5.41, 5.74) is 11.4. The van der Waals surface area contributed by atoms with E-state index in [0.717, 1.165) is 16.8 Å². The monoisotopic (exact) mass is 539 g/mol. The predicted octanol–water partition coefficient (Wildman–Crippen LogP) is 9.81. The molecule has 0 fully saturated rings. The second-order valence-corrected chi connectivity index (χ2v) is 12.6. The van der Waals surface area contributed by atoms with E-state index in [2.05, 4.69) is 101 Å². The van der Waals surface area contributed by atoms with Crippen LogP contribution in [0.25, 0.3) is 6.08 Å². The van der Waals surface area contributed by atoms with Crippen molar-refractivity contribution in [3.63, 3.8) is 0 Å². The molecule has 0 spiro atoms. The van der Waals surface area contributed by atoms with Gasteiger partial charge in [-0.3, -0.25) is 9.59 Å². The smallest absolute Gasteiger partial charge is 0.197 e. The fraction of sp³-hybridized carbons (Fsp3) is 0.263. The summed E-state index contributed by atoms with van der Waals surface area (Å²) in [5.74, 6) is 0.317.